The van der Waals surface area contributed by atoms with Crippen LogP contribution < -0.4 is 0 Å². The summed E-state index contributed by atoms with van der Waals surface area (Å²) in [6.45, 7) is 7.45. The van der Waals surface area contributed by atoms with E-state index < -0.39 is 0 Å². The zero-order valence-corrected chi connectivity index (χ0v) is 17.6. The van der Waals surface area contributed by atoms with Crippen molar-refractivity contribution in [3.8, 4) is 0 Å². The van der Waals surface area contributed by atoms with Crippen LogP contribution in [-0.4, -0.2) is 126 Å². The fourth-order valence-electron chi connectivity index (χ4n) is 3.85. The molecule has 0 saturated carbocycles. The van der Waals surface area contributed by atoms with E-state index in [0.29, 0.717) is 105 Å². The van der Waals surface area contributed by atoms with Gasteiger partial charge in [-0.25, -0.2) is 0 Å². The van der Waals surface area contributed by atoms with Crippen LogP contribution in [-0.2, 0) is 38.0 Å². The highest BCUT2D eigenvalue weighted by atomic mass is 16.5. The van der Waals surface area contributed by atoms with Crippen LogP contribution in [0.15, 0.2) is 0 Å². The van der Waals surface area contributed by atoms with Gasteiger partial charge in [-0.1, -0.05) is 0 Å². The molecule has 0 aromatic carbocycles. The molecule has 3 saturated heterocycles. The molecule has 2 atom stereocenters. The normalized spacial score (nSPS) is 30.4. The Bertz CT molecular complexity index is 469. The summed E-state index contributed by atoms with van der Waals surface area (Å²) in [4.78, 5) is 28.0. The Morgan fingerprint density at radius 3 is 1.10 bits per heavy atom. The van der Waals surface area contributed by atoms with E-state index in [1.54, 1.807) is 0 Å². The average molecular weight is 430 g/mol. The molecule has 10 heteroatoms. The molecule has 0 N–H and O–H groups in total. The monoisotopic (exact) mass is 430 g/mol. The molecule has 0 spiro atoms. The number of hydrogen-bond acceptors (Lipinski definition) is 10. The van der Waals surface area contributed by atoms with Gasteiger partial charge in [0, 0.05) is 39.0 Å². The third-order valence-electron chi connectivity index (χ3n) is 5.53. The number of carbonyl (C=O) groups excluding carboxylic acids is 2. The molecular weight excluding hydrogens is 396 g/mol. The summed E-state index contributed by atoms with van der Waals surface area (Å²) >= 11 is 0. The molecule has 0 amide bonds. The van der Waals surface area contributed by atoms with Gasteiger partial charge < -0.3 is 28.4 Å². The standard InChI is InChI=1S/C20H34N2O8/c23-19-17(1-7-29-19)21-3-9-25-13-15-27-11-5-22(18-2-8-30-20(18)24)6-12-28-16-14-26-10-4-21/h17-18H,1-16H2. The van der Waals surface area contributed by atoms with E-state index in [2.05, 4.69) is 9.80 Å². The van der Waals surface area contributed by atoms with Crippen molar-refractivity contribution in [3.05, 3.63) is 0 Å². The molecule has 0 aliphatic carbocycles. The lowest BCUT2D eigenvalue weighted by atomic mass is 10.2. The summed E-state index contributed by atoms with van der Waals surface area (Å²) in [5, 5.41) is 0. The van der Waals surface area contributed by atoms with Gasteiger partial charge in [0.2, 0.25) is 0 Å². The van der Waals surface area contributed by atoms with Gasteiger partial charge in [0.15, 0.2) is 0 Å². The lowest BCUT2D eigenvalue weighted by Crippen LogP contribution is -2.43. The Labute approximate surface area is 177 Å². The van der Waals surface area contributed by atoms with Crippen LogP contribution in [0.4, 0.5) is 0 Å². The number of hydrogen-bond donors (Lipinski definition) is 0. The van der Waals surface area contributed by atoms with E-state index in [1.165, 1.54) is 0 Å². The summed E-state index contributed by atoms with van der Waals surface area (Å²) in [6, 6.07) is -0.438. The predicted octanol–water partition coefficient (Wildman–Crippen LogP) is -0.699. The predicted molar refractivity (Wildman–Crippen MR) is 105 cm³/mol. The zero-order valence-electron chi connectivity index (χ0n) is 17.6. The van der Waals surface area contributed by atoms with Crippen molar-refractivity contribution in [2.45, 2.75) is 24.9 Å². The zero-order chi connectivity index (χ0) is 21.0. The minimum Gasteiger partial charge on any atom is -0.464 e. The van der Waals surface area contributed by atoms with Crippen molar-refractivity contribution in [1.29, 1.82) is 0 Å². The third kappa shape index (κ3) is 7.44. The molecule has 30 heavy (non-hydrogen) atoms. The molecule has 0 aromatic heterocycles. The Morgan fingerprint density at radius 1 is 0.500 bits per heavy atom. The number of nitrogens with zero attached hydrogens (tertiary/aromatic N) is 2. The van der Waals surface area contributed by atoms with Gasteiger partial charge in [0.05, 0.1) is 66.1 Å². The molecule has 10 nitrogen and oxygen atoms in total. The summed E-state index contributed by atoms with van der Waals surface area (Å²) in [7, 11) is 0. The molecule has 3 aliphatic heterocycles. The van der Waals surface area contributed by atoms with Gasteiger partial charge >= 0.3 is 11.9 Å². The summed E-state index contributed by atoms with van der Waals surface area (Å²) in [6.07, 6.45) is 1.41. The van der Waals surface area contributed by atoms with Crippen molar-refractivity contribution in [2.24, 2.45) is 0 Å². The first-order valence-corrected chi connectivity index (χ1v) is 10.9. The highest BCUT2D eigenvalue weighted by Crippen LogP contribution is 2.15. The lowest BCUT2D eigenvalue weighted by molar-refractivity contribution is -0.144. The van der Waals surface area contributed by atoms with E-state index in [4.69, 9.17) is 28.4 Å². The Balaban J connectivity index is 1.44. The number of carbonyl (C=O) groups is 2. The first kappa shape index (κ1) is 23.4. The fourth-order valence-corrected chi connectivity index (χ4v) is 3.85. The van der Waals surface area contributed by atoms with Crippen LogP contribution in [0.5, 0.6) is 0 Å². The van der Waals surface area contributed by atoms with Gasteiger partial charge in [-0.15, -0.1) is 0 Å². The second-order valence-corrected chi connectivity index (χ2v) is 7.47. The minimum absolute atomic E-state index is 0.167. The molecule has 3 heterocycles. The second kappa shape index (κ2) is 13.2. The largest absolute Gasteiger partial charge is 0.464 e. The molecule has 3 fully saturated rings. The van der Waals surface area contributed by atoms with Crippen molar-refractivity contribution < 1.29 is 38.0 Å². The molecular formula is C20H34N2O8. The van der Waals surface area contributed by atoms with Crippen LogP contribution in [0.2, 0.25) is 0 Å². The molecule has 0 bridgehead atoms. The Kier molecular flexibility index (Phi) is 10.3. The maximum absolute atomic E-state index is 11.9. The van der Waals surface area contributed by atoms with E-state index in [9.17, 15) is 9.59 Å². The number of cyclic esters (lactones) is 2. The summed E-state index contributed by atoms with van der Waals surface area (Å²) in [5.74, 6) is -0.334. The SMILES string of the molecule is O=C1OCCC1N1CCOCCOCCN(C2CCOC2=O)CCOCCOCC1. The average Bonchev–Trinajstić information content (AvgIpc) is 3.36. The number of esters is 2. The third-order valence-corrected chi connectivity index (χ3v) is 5.53. The maximum atomic E-state index is 11.9. The van der Waals surface area contributed by atoms with Crippen molar-refractivity contribution in [1.82, 2.24) is 9.80 Å². The molecule has 0 aromatic rings. The van der Waals surface area contributed by atoms with Crippen LogP contribution >= 0.6 is 0 Å². The first-order chi connectivity index (χ1) is 14.8. The Morgan fingerprint density at radius 2 is 0.833 bits per heavy atom. The smallest absolute Gasteiger partial charge is 0.323 e. The Hall–Kier alpha value is -1.30. The van der Waals surface area contributed by atoms with Gasteiger partial charge in [-0.2, -0.15) is 0 Å². The number of ether oxygens (including phenoxy) is 6. The van der Waals surface area contributed by atoms with Gasteiger partial charge in [-0.05, 0) is 0 Å². The van der Waals surface area contributed by atoms with E-state index in [0.717, 1.165) is 0 Å². The first-order valence-electron chi connectivity index (χ1n) is 10.9. The summed E-state index contributed by atoms with van der Waals surface area (Å²) in [5.41, 5.74) is 0. The van der Waals surface area contributed by atoms with Crippen molar-refractivity contribution in [2.75, 3.05) is 92.2 Å². The summed E-state index contributed by atoms with van der Waals surface area (Å²) < 4.78 is 32.9. The van der Waals surface area contributed by atoms with Crippen LogP contribution in [0.3, 0.4) is 0 Å². The highest BCUT2D eigenvalue weighted by molar-refractivity contribution is 5.77. The van der Waals surface area contributed by atoms with Crippen LogP contribution in [0, 0.1) is 0 Å². The topological polar surface area (TPSA) is 96.0 Å². The maximum Gasteiger partial charge on any atom is 0.323 e. The quantitative estimate of drug-likeness (QED) is 0.523. The van der Waals surface area contributed by atoms with Crippen molar-refractivity contribution >= 4 is 11.9 Å². The van der Waals surface area contributed by atoms with Crippen LogP contribution in [0.25, 0.3) is 0 Å². The number of rotatable bonds is 2. The molecule has 0 radical (unpaired) electrons. The van der Waals surface area contributed by atoms with Gasteiger partial charge in [-0.3, -0.25) is 19.4 Å². The minimum atomic E-state index is -0.219. The van der Waals surface area contributed by atoms with Gasteiger partial charge in [0.25, 0.3) is 0 Å². The van der Waals surface area contributed by atoms with E-state index >= 15 is 0 Å². The second-order valence-electron chi connectivity index (χ2n) is 7.47. The van der Waals surface area contributed by atoms with E-state index in [-0.39, 0.29) is 24.0 Å². The molecule has 3 aliphatic rings. The van der Waals surface area contributed by atoms with Gasteiger partial charge in [0.1, 0.15) is 12.1 Å². The van der Waals surface area contributed by atoms with E-state index in [1.807, 2.05) is 0 Å². The van der Waals surface area contributed by atoms with Crippen molar-refractivity contribution in [3.63, 3.8) is 0 Å². The molecule has 3 rings (SSSR count). The molecule has 172 valence electrons. The fraction of sp³-hybridized carbons (Fsp3) is 0.900. The van der Waals surface area contributed by atoms with Crippen LogP contribution in [0.1, 0.15) is 12.8 Å². The lowest BCUT2D eigenvalue weighted by Gasteiger charge is -2.27. The highest BCUT2D eigenvalue weighted by Gasteiger charge is 2.33. The molecule has 2 unspecified atom stereocenters.